The molecule has 144 valence electrons. The van der Waals surface area contributed by atoms with E-state index in [4.69, 9.17) is 9.47 Å². The molecule has 2 aromatic carbocycles. The summed E-state index contributed by atoms with van der Waals surface area (Å²) in [5.41, 5.74) is 2.15. The Labute approximate surface area is 161 Å². The molecule has 2 aromatic rings. The van der Waals surface area contributed by atoms with Gasteiger partial charge in [-0.1, -0.05) is 81.4 Å². The van der Waals surface area contributed by atoms with Gasteiger partial charge in [-0.3, -0.25) is 0 Å². The fourth-order valence-electron chi connectivity index (χ4n) is 4.35. The number of nitrogens with zero attached hydrogens (tertiary/aromatic N) is 1. The second-order valence-corrected chi connectivity index (χ2v) is 8.71. The number of rotatable bonds is 2. The number of hydrogen-bond acceptors (Lipinski definition) is 4. The quantitative estimate of drug-likeness (QED) is 0.814. The van der Waals surface area contributed by atoms with Gasteiger partial charge in [-0.05, 0) is 11.1 Å². The van der Waals surface area contributed by atoms with E-state index in [-0.39, 0.29) is 23.4 Å². The predicted octanol–water partition coefficient (Wildman–Crippen LogP) is 4.97. The van der Waals surface area contributed by atoms with Crippen molar-refractivity contribution in [1.29, 1.82) is 0 Å². The Morgan fingerprint density at radius 3 is 1.96 bits per heavy atom. The molecule has 1 N–H and O–H groups in total. The second-order valence-electron chi connectivity index (χ2n) is 8.71. The van der Waals surface area contributed by atoms with Crippen LogP contribution >= 0.6 is 0 Å². The topological polar surface area (TPSA) is 41.9 Å². The van der Waals surface area contributed by atoms with Crippen LogP contribution in [0.5, 0.6) is 0 Å². The fourth-order valence-corrected chi connectivity index (χ4v) is 4.35. The van der Waals surface area contributed by atoms with Crippen molar-refractivity contribution in [2.24, 2.45) is 11.3 Å². The maximum atomic E-state index is 11.2. The Morgan fingerprint density at radius 1 is 0.889 bits per heavy atom. The summed E-state index contributed by atoms with van der Waals surface area (Å²) in [6.45, 7) is 7.77. The van der Waals surface area contributed by atoms with Crippen LogP contribution in [-0.2, 0) is 9.47 Å². The molecule has 0 aromatic heterocycles. The third-order valence-electron chi connectivity index (χ3n) is 5.99. The number of piperidine rings is 1. The van der Waals surface area contributed by atoms with Crippen LogP contribution < -0.4 is 0 Å². The molecule has 3 atom stereocenters. The van der Waals surface area contributed by atoms with Crippen molar-refractivity contribution in [3.05, 3.63) is 71.8 Å². The maximum Gasteiger partial charge on any atom is 0.174 e. The van der Waals surface area contributed by atoms with Gasteiger partial charge in [0.15, 0.2) is 5.79 Å². The summed E-state index contributed by atoms with van der Waals surface area (Å²) in [5.74, 6) is -0.712. The Morgan fingerprint density at radius 2 is 1.41 bits per heavy atom. The van der Waals surface area contributed by atoms with Gasteiger partial charge in [0.05, 0.1) is 25.3 Å². The molecular weight excluding hydrogens is 338 g/mol. The Hall–Kier alpha value is -1.72. The van der Waals surface area contributed by atoms with Gasteiger partial charge in [-0.15, -0.1) is 0 Å². The van der Waals surface area contributed by atoms with Gasteiger partial charge >= 0.3 is 0 Å². The van der Waals surface area contributed by atoms with Crippen molar-refractivity contribution in [3.63, 3.8) is 0 Å². The largest absolute Gasteiger partial charge is 0.349 e. The zero-order valence-electron chi connectivity index (χ0n) is 16.3. The average molecular weight is 367 g/mol. The maximum absolute atomic E-state index is 11.2. The first-order valence-electron chi connectivity index (χ1n) is 9.77. The second kappa shape index (κ2) is 7.02. The minimum Gasteiger partial charge on any atom is -0.349 e. The number of ether oxygens (including phenoxy) is 2. The first-order valence-corrected chi connectivity index (χ1v) is 9.77. The Balaban J connectivity index is 1.75. The van der Waals surface area contributed by atoms with Gasteiger partial charge in [0.1, 0.15) is 0 Å². The lowest BCUT2D eigenvalue weighted by Gasteiger charge is -2.55. The Kier molecular flexibility index (Phi) is 4.85. The molecule has 3 unspecified atom stereocenters. The van der Waals surface area contributed by atoms with Crippen molar-refractivity contribution in [3.8, 4) is 0 Å². The van der Waals surface area contributed by atoms with E-state index in [0.717, 1.165) is 11.1 Å². The van der Waals surface area contributed by atoms with E-state index in [2.05, 4.69) is 45.0 Å². The van der Waals surface area contributed by atoms with Gasteiger partial charge in [0.25, 0.3) is 0 Å². The van der Waals surface area contributed by atoms with Gasteiger partial charge < -0.3 is 14.7 Å². The smallest absolute Gasteiger partial charge is 0.174 e. The molecule has 0 saturated carbocycles. The summed E-state index contributed by atoms with van der Waals surface area (Å²) in [6, 6.07) is 19.9. The van der Waals surface area contributed by atoms with Crippen LogP contribution in [0.4, 0.5) is 0 Å². The van der Waals surface area contributed by atoms with Crippen LogP contribution in [0, 0.1) is 11.3 Å². The molecule has 4 heteroatoms. The fraction of sp³-hybridized carbons (Fsp3) is 0.478. The van der Waals surface area contributed by atoms with E-state index < -0.39 is 5.79 Å². The van der Waals surface area contributed by atoms with Crippen LogP contribution in [0.2, 0.25) is 0 Å². The van der Waals surface area contributed by atoms with Crippen LogP contribution in [0.3, 0.4) is 0 Å². The molecule has 2 saturated heterocycles. The highest BCUT2D eigenvalue weighted by Gasteiger charge is 2.55. The molecule has 0 radical (unpaired) electrons. The third kappa shape index (κ3) is 3.43. The molecule has 0 amide bonds. The number of benzene rings is 2. The average Bonchev–Trinajstić information content (AvgIpc) is 2.68. The highest BCUT2D eigenvalue weighted by molar-refractivity contribution is 5.26. The van der Waals surface area contributed by atoms with E-state index in [1.54, 1.807) is 0 Å². The van der Waals surface area contributed by atoms with Crippen molar-refractivity contribution in [2.75, 3.05) is 13.2 Å². The molecule has 2 fully saturated rings. The molecule has 2 aliphatic heterocycles. The lowest BCUT2D eigenvalue weighted by atomic mass is 9.76. The van der Waals surface area contributed by atoms with E-state index in [0.29, 0.717) is 19.6 Å². The minimum atomic E-state index is -0.699. The summed E-state index contributed by atoms with van der Waals surface area (Å²) in [4.78, 5) is 0. The van der Waals surface area contributed by atoms with Crippen molar-refractivity contribution in [1.82, 2.24) is 5.06 Å². The van der Waals surface area contributed by atoms with Crippen molar-refractivity contribution < 1.29 is 14.7 Å². The zero-order valence-corrected chi connectivity index (χ0v) is 16.3. The monoisotopic (exact) mass is 367 g/mol. The van der Waals surface area contributed by atoms with Crippen molar-refractivity contribution >= 4 is 0 Å². The third-order valence-corrected chi connectivity index (χ3v) is 5.99. The molecule has 0 bridgehead atoms. The van der Waals surface area contributed by atoms with E-state index in [9.17, 15) is 5.21 Å². The molecule has 1 spiro atoms. The van der Waals surface area contributed by atoms with Crippen LogP contribution in [0.1, 0.15) is 50.4 Å². The lowest BCUT2D eigenvalue weighted by Crippen LogP contribution is -2.59. The highest BCUT2D eigenvalue weighted by atomic mass is 16.7. The SMILES string of the molecule is CC1C(c2ccccc2)N(O)C(c2ccccc2)CC12OCC(C)(C)CO2. The van der Waals surface area contributed by atoms with Gasteiger partial charge in [0, 0.05) is 17.8 Å². The van der Waals surface area contributed by atoms with Crippen LogP contribution in [0.15, 0.2) is 60.7 Å². The van der Waals surface area contributed by atoms with Gasteiger partial charge in [-0.25, -0.2) is 0 Å². The zero-order chi connectivity index (χ0) is 19.1. The van der Waals surface area contributed by atoms with E-state index >= 15 is 0 Å². The highest BCUT2D eigenvalue weighted by Crippen LogP contribution is 2.52. The van der Waals surface area contributed by atoms with E-state index in [1.807, 2.05) is 36.4 Å². The molecule has 4 nitrogen and oxygen atoms in total. The standard InChI is InChI=1S/C23H29NO3/c1-17-21(19-12-8-5-9-13-19)24(25)20(18-10-6-4-7-11-18)14-23(17)26-15-22(2,3)16-27-23/h4-13,17,20-21,25H,14-16H2,1-3H3. The van der Waals surface area contributed by atoms with Crippen molar-refractivity contribution in [2.45, 2.75) is 45.1 Å². The summed E-state index contributed by atoms with van der Waals surface area (Å²) < 4.78 is 12.9. The van der Waals surface area contributed by atoms with Gasteiger partial charge in [-0.2, -0.15) is 5.06 Å². The number of hydrogen-bond donors (Lipinski definition) is 1. The Bertz CT molecular complexity index is 752. The van der Waals surface area contributed by atoms with Gasteiger partial charge in [0.2, 0.25) is 0 Å². The molecule has 2 aliphatic rings. The first-order chi connectivity index (χ1) is 12.9. The summed E-state index contributed by atoms with van der Waals surface area (Å²) >= 11 is 0. The summed E-state index contributed by atoms with van der Waals surface area (Å²) in [6.07, 6.45) is 0.605. The van der Waals surface area contributed by atoms with Crippen LogP contribution in [0.25, 0.3) is 0 Å². The minimum absolute atomic E-state index is 0.00576. The van der Waals surface area contributed by atoms with E-state index in [1.165, 1.54) is 5.06 Å². The predicted molar refractivity (Wildman–Crippen MR) is 104 cm³/mol. The van der Waals surface area contributed by atoms with Crippen LogP contribution in [-0.4, -0.2) is 29.3 Å². The molecular formula is C23H29NO3. The lowest BCUT2D eigenvalue weighted by molar-refractivity contribution is -0.370. The molecule has 2 heterocycles. The molecule has 27 heavy (non-hydrogen) atoms. The number of hydroxylamine groups is 2. The first kappa shape index (κ1) is 18.6. The summed E-state index contributed by atoms with van der Waals surface area (Å²) in [5, 5.41) is 12.8. The molecule has 0 aliphatic carbocycles. The normalized spacial score (nSPS) is 30.3. The molecule has 4 rings (SSSR count). The summed E-state index contributed by atoms with van der Waals surface area (Å²) in [7, 11) is 0.